The highest BCUT2D eigenvalue weighted by atomic mass is 19.3. The van der Waals surface area contributed by atoms with E-state index in [0.717, 1.165) is 17.5 Å². The van der Waals surface area contributed by atoms with Gasteiger partial charge in [-0.3, -0.25) is 19.7 Å². The molecule has 3 atom stereocenters. The van der Waals surface area contributed by atoms with E-state index in [1.54, 1.807) is 12.1 Å². The van der Waals surface area contributed by atoms with Gasteiger partial charge in [0.1, 0.15) is 6.04 Å². The van der Waals surface area contributed by atoms with Crippen molar-refractivity contribution in [1.82, 2.24) is 20.9 Å². The van der Waals surface area contributed by atoms with Gasteiger partial charge in [0.15, 0.2) is 0 Å². The molecule has 5 rings (SSSR count). The van der Waals surface area contributed by atoms with Crippen LogP contribution in [0.1, 0.15) is 53.6 Å². The van der Waals surface area contributed by atoms with E-state index < -0.39 is 29.3 Å². The van der Waals surface area contributed by atoms with Crippen LogP contribution in [0.4, 0.5) is 8.78 Å². The summed E-state index contributed by atoms with van der Waals surface area (Å²) < 4.78 is 30.3. The molecule has 3 fully saturated rings. The van der Waals surface area contributed by atoms with Gasteiger partial charge < -0.3 is 15.5 Å². The number of hydrogen-bond donors (Lipinski definition) is 3. The topological polar surface area (TPSA) is 90.5 Å². The van der Waals surface area contributed by atoms with Crippen LogP contribution in [0.5, 0.6) is 0 Å². The molecule has 0 aromatic heterocycles. The van der Waals surface area contributed by atoms with E-state index in [2.05, 4.69) is 16.0 Å². The fourth-order valence-corrected chi connectivity index (χ4v) is 5.63. The van der Waals surface area contributed by atoms with Crippen LogP contribution in [0.15, 0.2) is 18.2 Å². The van der Waals surface area contributed by atoms with E-state index in [-0.39, 0.29) is 37.9 Å². The lowest BCUT2D eigenvalue weighted by Crippen LogP contribution is -2.72. The van der Waals surface area contributed by atoms with Crippen LogP contribution in [-0.2, 0) is 22.7 Å². The molecule has 0 spiro atoms. The first-order valence-corrected chi connectivity index (χ1v) is 10.9. The van der Waals surface area contributed by atoms with Crippen molar-refractivity contribution in [2.24, 2.45) is 5.92 Å². The van der Waals surface area contributed by atoms with Crippen molar-refractivity contribution in [2.45, 2.75) is 62.7 Å². The normalized spacial score (nSPS) is 32.1. The maximum atomic E-state index is 15.2. The molecule has 3 aliphatic heterocycles. The molecule has 1 saturated carbocycles. The number of carbonyl (C=O) groups excluding carboxylic acids is 3. The number of imide groups is 1. The van der Waals surface area contributed by atoms with Crippen molar-refractivity contribution >= 4 is 17.7 Å². The molecule has 2 bridgehead atoms. The fourth-order valence-electron chi connectivity index (χ4n) is 5.63. The molecule has 1 aromatic carbocycles. The Balaban J connectivity index is 1.36. The molecule has 1 aliphatic carbocycles. The summed E-state index contributed by atoms with van der Waals surface area (Å²) in [5.74, 6) is -4.50. The summed E-state index contributed by atoms with van der Waals surface area (Å²) in [5, 5.41) is 8.61. The lowest BCUT2D eigenvalue weighted by Gasteiger charge is -2.52. The van der Waals surface area contributed by atoms with E-state index in [1.807, 2.05) is 6.07 Å². The number of amides is 3. The van der Waals surface area contributed by atoms with Gasteiger partial charge in [0.2, 0.25) is 11.8 Å². The first-order valence-electron chi connectivity index (χ1n) is 10.9. The number of piperidine rings is 2. The summed E-state index contributed by atoms with van der Waals surface area (Å²) in [7, 11) is 0. The molecular weight excluding hydrogens is 406 g/mol. The Morgan fingerprint density at radius 3 is 2.84 bits per heavy atom. The zero-order chi connectivity index (χ0) is 21.8. The van der Waals surface area contributed by atoms with Gasteiger partial charge in [-0.2, -0.15) is 0 Å². The maximum absolute atomic E-state index is 15.2. The third-order valence-electron chi connectivity index (χ3n) is 7.42. The van der Waals surface area contributed by atoms with E-state index in [9.17, 15) is 14.4 Å². The van der Waals surface area contributed by atoms with E-state index >= 15 is 8.78 Å². The molecule has 2 saturated heterocycles. The lowest BCUT2D eigenvalue weighted by atomic mass is 9.69. The number of hydrogen-bond acceptors (Lipinski definition) is 5. The van der Waals surface area contributed by atoms with E-state index in [4.69, 9.17) is 0 Å². The fraction of sp³-hybridized carbons (Fsp3) is 0.591. The number of nitrogens with zero attached hydrogens (tertiary/aromatic N) is 1. The third-order valence-corrected chi connectivity index (χ3v) is 7.42. The van der Waals surface area contributed by atoms with Gasteiger partial charge in [-0.15, -0.1) is 0 Å². The average molecular weight is 432 g/mol. The second-order valence-corrected chi connectivity index (χ2v) is 9.12. The Kier molecular flexibility index (Phi) is 4.86. The first kappa shape index (κ1) is 20.5. The molecule has 0 radical (unpaired) electrons. The minimum atomic E-state index is -2.79. The molecule has 3 N–H and O–H groups in total. The average Bonchev–Trinajstić information content (AvgIpc) is 3.04. The van der Waals surface area contributed by atoms with Gasteiger partial charge in [-0.1, -0.05) is 18.6 Å². The zero-order valence-electron chi connectivity index (χ0n) is 17.2. The predicted molar refractivity (Wildman–Crippen MR) is 107 cm³/mol. The van der Waals surface area contributed by atoms with Crippen molar-refractivity contribution in [3.63, 3.8) is 0 Å². The molecule has 3 amide bonds. The molecule has 3 unspecified atom stereocenters. The Bertz CT molecular complexity index is 941. The molecule has 166 valence electrons. The van der Waals surface area contributed by atoms with Crippen LogP contribution in [0.25, 0.3) is 0 Å². The van der Waals surface area contributed by atoms with E-state index in [0.29, 0.717) is 31.4 Å². The Morgan fingerprint density at radius 2 is 2.03 bits per heavy atom. The van der Waals surface area contributed by atoms with Crippen molar-refractivity contribution in [2.75, 3.05) is 13.1 Å². The molecule has 31 heavy (non-hydrogen) atoms. The number of halogens is 2. The van der Waals surface area contributed by atoms with Gasteiger partial charge in [-0.25, -0.2) is 8.78 Å². The van der Waals surface area contributed by atoms with Crippen molar-refractivity contribution in [3.05, 3.63) is 34.9 Å². The maximum Gasteiger partial charge on any atom is 0.271 e. The summed E-state index contributed by atoms with van der Waals surface area (Å²) in [6, 6.07) is 4.61. The standard InChI is InChI=1S/C22H26F2N4O3/c23-22(24)14-4-2-8-21(22,12-25-10-14)26-9-13-3-1-5-15-16(13)11-28(20(15)31)17-6-7-18(29)27-19(17)30/h1,3,5,14,17,25-26H,2,4,6-12H2,(H,27,29,30). The van der Waals surface area contributed by atoms with Gasteiger partial charge in [0, 0.05) is 44.1 Å². The number of rotatable bonds is 4. The quantitative estimate of drug-likeness (QED) is 0.625. The van der Waals surface area contributed by atoms with Crippen LogP contribution < -0.4 is 16.0 Å². The monoisotopic (exact) mass is 432 g/mol. The second kappa shape index (κ2) is 7.34. The minimum Gasteiger partial charge on any atom is -0.322 e. The molecule has 7 nitrogen and oxygen atoms in total. The highest BCUT2D eigenvalue weighted by Gasteiger charge is 2.61. The van der Waals surface area contributed by atoms with E-state index in [1.165, 1.54) is 4.90 Å². The van der Waals surface area contributed by atoms with Crippen LogP contribution in [0.3, 0.4) is 0 Å². The zero-order valence-corrected chi connectivity index (χ0v) is 17.2. The highest BCUT2D eigenvalue weighted by Crippen LogP contribution is 2.47. The van der Waals surface area contributed by atoms with Crippen molar-refractivity contribution < 1.29 is 23.2 Å². The van der Waals surface area contributed by atoms with Crippen molar-refractivity contribution in [3.8, 4) is 0 Å². The number of fused-ring (bicyclic) bond motifs is 3. The summed E-state index contributed by atoms with van der Waals surface area (Å²) in [4.78, 5) is 38.2. The van der Waals surface area contributed by atoms with Crippen LogP contribution in [0.2, 0.25) is 0 Å². The number of alkyl halides is 2. The summed E-state index contributed by atoms with van der Waals surface area (Å²) in [5.41, 5.74) is 0.763. The number of nitrogens with one attached hydrogen (secondary N) is 3. The number of carbonyl (C=O) groups is 3. The Labute approximate surface area is 178 Å². The van der Waals surface area contributed by atoms with Crippen LogP contribution in [-0.4, -0.2) is 53.2 Å². The molecule has 3 heterocycles. The smallest absolute Gasteiger partial charge is 0.271 e. The predicted octanol–water partition coefficient (Wildman–Crippen LogP) is 1.31. The molecule has 4 aliphatic rings. The highest BCUT2D eigenvalue weighted by molar-refractivity contribution is 6.05. The third kappa shape index (κ3) is 3.17. The van der Waals surface area contributed by atoms with Crippen LogP contribution in [0, 0.1) is 5.92 Å². The minimum absolute atomic E-state index is 0.191. The summed E-state index contributed by atoms with van der Waals surface area (Å²) in [6.45, 7) is 1.02. The van der Waals surface area contributed by atoms with Gasteiger partial charge >= 0.3 is 0 Å². The SMILES string of the molecule is O=C1CCC(N2Cc3c(CNC45CCCC(CNC4)C5(F)F)cccc3C2=O)C(=O)N1. The van der Waals surface area contributed by atoms with Crippen molar-refractivity contribution in [1.29, 1.82) is 0 Å². The molecular formula is C22H26F2N4O3. The number of benzene rings is 1. The molecule has 9 heteroatoms. The Hall–Kier alpha value is -2.39. The lowest BCUT2D eigenvalue weighted by molar-refractivity contribution is -0.172. The largest absolute Gasteiger partial charge is 0.322 e. The van der Waals surface area contributed by atoms with Crippen LogP contribution >= 0.6 is 0 Å². The summed E-state index contributed by atoms with van der Waals surface area (Å²) >= 11 is 0. The summed E-state index contributed by atoms with van der Waals surface area (Å²) in [6.07, 6.45) is 2.18. The Morgan fingerprint density at radius 1 is 1.19 bits per heavy atom. The molecule has 1 aromatic rings. The second-order valence-electron chi connectivity index (χ2n) is 9.12. The van der Waals surface area contributed by atoms with Gasteiger partial charge in [-0.05, 0) is 36.5 Å². The first-order chi connectivity index (χ1) is 14.8. The van der Waals surface area contributed by atoms with Gasteiger partial charge in [0.25, 0.3) is 11.8 Å². The van der Waals surface area contributed by atoms with Gasteiger partial charge in [0.05, 0.1) is 5.54 Å².